The maximum Gasteiger partial charge on any atom is 0.306 e. The van der Waals surface area contributed by atoms with Crippen LogP contribution in [0.4, 0.5) is 5.69 Å². The Morgan fingerprint density at radius 2 is 1.65 bits per heavy atom. The van der Waals surface area contributed by atoms with E-state index in [9.17, 15) is 19.5 Å². The molecule has 3 heterocycles. The van der Waals surface area contributed by atoms with E-state index in [1.165, 1.54) is 0 Å². The van der Waals surface area contributed by atoms with Crippen molar-refractivity contribution in [2.24, 2.45) is 13.0 Å². The molecule has 2 aromatic carbocycles. The fourth-order valence-corrected chi connectivity index (χ4v) is 7.78. The van der Waals surface area contributed by atoms with Gasteiger partial charge in [0.25, 0.3) is 5.91 Å². The molecule has 12 nitrogen and oxygen atoms in total. The summed E-state index contributed by atoms with van der Waals surface area (Å²) in [5, 5.41) is 17.9. The van der Waals surface area contributed by atoms with Crippen molar-refractivity contribution in [1.29, 1.82) is 0 Å². The molecule has 2 aliphatic heterocycles. The zero-order valence-corrected chi connectivity index (χ0v) is 28.4. The van der Waals surface area contributed by atoms with Crippen molar-refractivity contribution in [3.8, 4) is 0 Å². The van der Waals surface area contributed by atoms with Crippen LogP contribution < -0.4 is 5.32 Å². The summed E-state index contributed by atoms with van der Waals surface area (Å²) in [7, 11) is 5.08. The average Bonchev–Trinajstić information content (AvgIpc) is 3.85. The molecule has 1 aliphatic carbocycles. The normalized spacial score (nSPS) is 24.9. The van der Waals surface area contributed by atoms with Gasteiger partial charge in [0.2, 0.25) is 5.85 Å². The lowest BCUT2D eigenvalue weighted by atomic mass is 9.87. The molecule has 2 N–H and O–H groups in total. The Morgan fingerprint density at radius 1 is 0.979 bits per heavy atom. The number of hydrogen-bond acceptors (Lipinski definition) is 9. The van der Waals surface area contributed by atoms with Crippen molar-refractivity contribution in [2.75, 3.05) is 45.7 Å². The summed E-state index contributed by atoms with van der Waals surface area (Å²) in [4.78, 5) is 43.9. The molecule has 3 atom stereocenters. The number of nitrogens with zero attached hydrogens (tertiary/aromatic N) is 4. The van der Waals surface area contributed by atoms with E-state index in [0.29, 0.717) is 73.8 Å². The van der Waals surface area contributed by atoms with E-state index >= 15 is 0 Å². The Kier molecular flexibility index (Phi) is 10.5. The van der Waals surface area contributed by atoms with Gasteiger partial charge in [-0.15, -0.1) is 0 Å². The predicted octanol–water partition coefficient (Wildman–Crippen LogP) is 4.35. The first-order valence-electron chi connectivity index (χ1n) is 16.7. The maximum atomic E-state index is 14.8. The number of ether oxygens (including phenoxy) is 3. The fraction of sp³-hybridized carbons (Fsp3) is 0.543. The SMILES string of the molecule is CO[C@H]1CN(C(OC2CCC(C(=O)O)CC2)(C(=O)Cc2ccc(NC(=O)c3nn(C)c4ccccc34)c(Cl)c2)N2CCCC2)C[C@H]1OC. The molecular weight excluding hydrogens is 638 g/mol. The third kappa shape index (κ3) is 6.74. The van der Waals surface area contributed by atoms with Crippen molar-refractivity contribution in [1.82, 2.24) is 19.6 Å². The molecule has 1 saturated carbocycles. The van der Waals surface area contributed by atoms with Gasteiger partial charge in [-0.05, 0) is 62.3 Å². The molecule has 13 heteroatoms. The number of amides is 1. The van der Waals surface area contributed by atoms with Gasteiger partial charge in [-0.2, -0.15) is 5.10 Å². The van der Waals surface area contributed by atoms with E-state index in [1.54, 1.807) is 44.1 Å². The number of Topliss-reactive ketones (excluding diaryl/α,β-unsaturated/α-hetero) is 1. The number of aromatic nitrogens is 2. The van der Waals surface area contributed by atoms with Crippen LogP contribution in [0.15, 0.2) is 42.5 Å². The van der Waals surface area contributed by atoms with E-state index < -0.39 is 17.7 Å². The Hall–Kier alpha value is -3.39. The third-order valence-electron chi connectivity index (χ3n) is 10.1. The zero-order valence-electron chi connectivity index (χ0n) is 27.7. The van der Waals surface area contributed by atoms with Gasteiger partial charge in [0.1, 0.15) is 0 Å². The van der Waals surface area contributed by atoms with Gasteiger partial charge in [0, 0.05) is 59.3 Å². The van der Waals surface area contributed by atoms with Gasteiger partial charge in [0.15, 0.2) is 11.5 Å². The number of carboxylic acids is 1. The number of para-hydroxylation sites is 1. The Balaban J connectivity index is 1.26. The Labute approximate surface area is 285 Å². The standard InChI is InChI=1S/C35H44ClN5O7/c1-39-28-9-5-4-8-25(28)32(38-39)33(43)37-27-15-10-22(18-26(27)36)19-31(42)35(40-16-6-7-17-40,41-20-29(46-2)30(21-41)47-3)48-24-13-11-23(12-14-24)34(44)45/h4-5,8-10,15,18,23-24,29-30H,6-7,11-14,16-17,19-21H2,1-3H3,(H,37,43)(H,44,45)/t23?,24?,29-,30+,35?. The number of benzene rings is 2. The number of ketones is 1. The number of carbonyl (C=O) groups is 3. The number of hydrogen-bond donors (Lipinski definition) is 2. The van der Waals surface area contributed by atoms with Crippen molar-refractivity contribution >= 4 is 45.9 Å². The lowest BCUT2D eigenvalue weighted by Gasteiger charge is -2.48. The van der Waals surface area contributed by atoms with Crippen LogP contribution in [0.3, 0.4) is 0 Å². The molecule has 0 bridgehead atoms. The highest BCUT2D eigenvalue weighted by atomic mass is 35.5. The smallest absolute Gasteiger partial charge is 0.306 e. The first-order chi connectivity index (χ1) is 23.1. The minimum atomic E-state index is -1.39. The number of rotatable bonds is 12. The van der Waals surface area contributed by atoms with Gasteiger partial charge in [-0.3, -0.25) is 28.9 Å². The highest BCUT2D eigenvalue weighted by Crippen LogP contribution is 2.38. The van der Waals surface area contributed by atoms with Crippen LogP contribution in [0.1, 0.15) is 54.6 Å². The summed E-state index contributed by atoms with van der Waals surface area (Å²) in [6.07, 6.45) is 3.25. The first-order valence-corrected chi connectivity index (χ1v) is 17.0. The molecule has 3 aliphatic rings. The summed E-state index contributed by atoms with van der Waals surface area (Å²) in [5.74, 6) is -3.09. The molecule has 3 aromatic rings. The van der Waals surface area contributed by atoms with Crippen molar-refractivity contribution in [3.63, 3.8) is 0 Å². The monoisotopic (exact) mass is 681 g/mol. The van der Waals surface area contributed by atoms with E-state index in [1.807, 2.05) is 24.3 Å². The number of methoxy groups -OCH3 is 2. The van der Waals surface area contributed by atoms with Gasteiger partial charge in [-0.1, -0.05) is 35.9 Å². The van der Waals surface area contributed by atoms with Crippen LogP contribution in [0.25, 0.3) is 10.9 Å². The second kappa shape index (κ2) is 14.6. The van der Waals surface area contributed by atoms with Crippen LogP contribution in [0.5, 0.6) is 0 Å². The number of likely N-dealkylation sites (tertiary alicyclic amines) is 2. The lowest BCUT2D eigenvalue weighted by molar-refractivity contribution is -0.253. The fourth-order valence-electron chi connectivity index (χ4n) is 7.53. The summed E-state index contributed by atoms with van der Waals surface area (Å²) >= 11 is 6.72. The molecule has 1 unspecified atom stereocenters. The zero-order chi connectivity index (χ0) is 34.0. The van der Waals surface area contributed by atoms with Gasteiger partial charge in [-0.25, -0.2) is 0 Å². The lowest BCUT2D eigenvalue weighted by Crippen LogP contribution is -2.67. The number of fused-ring (bicyclic) bond motifs is 1. The van der Waals surface area contributed by atoms with E-state index in [0.717, 1.165) is 23.7 Å². The van der Waals surface area contributed by atoms with Crippen molar-refractivity contribution in [2.45, 2.75) is 69.1 Å². The Bertz CT molecular complexity index is 1640. The number of carbonyl (C=O) groups excluding carboxylic acids is 2. The van der Waals surface area contributed by atoms with Crippen LogP contribution in [0.2, 0.25) is 5.02 Å². The van der Waals surface area contributed by atoms with Crippen molar-refractivity contribution < 1.29 is 33.7 Å². The molecule has 1 amide bonds. The second-order valence-corrected chi connectivity index (χ2v) is 13.5. The number of halogens is 1. The number of anilines is 1. The van der Waals surface area contributed by atoms with Crippen LogP contribution in [-0.4, -0.2) is 107 Å². The molecule has 6 rings (SSSR count). The number of aryl methyl sites for hydroxylation is 1. The largest absolute Gasteiger partial charge is 0.481 e. The van der Waals surface area contributed by atoms with Crippen molar-refractivity contribution in [3.05, 3.63) is 58.7 Å². The summed E-state index contributed by atoms with van der Waals surface area (Å²) in [6, 6.07) is 12.7. The molecule has 2 saturated heterocycles. The van der Waals surface area contributed by atoms with E-state index in [-0.39, 0.29) is 36.4 Å². The molecule has 258 valence electrons. The quantitative estimate of drug-likeness (QED) is 0.284. The summed E-state index contributed by atoms with van der Waals surface area (Å²) in [6.45, 7) is 2.26. The maximum absolute atomic E-state index is 14.8. The molecule has 0 spiro atoms. The van der Waals surface area contributed by atoms with Crippen LogP contribution in [-0.2, 0) is 37.3 Å². The number of nitrogens with one attached hydrogen (secondary N) is 1. The molecular formula is C35H44ClN5O7. The first kappa shape index (κ1) is 34.5. The third-order valence-corrected chi connectivity index (χ3v) is 10.4. The van der Waals surface area contributed by atoms with Gasteiger partial charge in [0.05, 0.1) is 40.5 Å². The average molecular weight is 682 g/mol. The second-order valence-electron chi connectivity index (χ2n) is 13.0. The topological polar surface area (TPSA) is 135 Å². The minimum absolute atomic E-state index is 0.0333. The number of carboxylic acid groups (broad SMARTS) is 1. The van der Waals surface area contributed by atoms with E-state index in [2.05, 4.69) is 20.2 Å². The molecule has 0 radical (unpaired) electrons. The van der Waals surface area contributed by atoms with Crippen LogP contribution >= 0.6 is 11.6 Å². The van der Waals surface area contributed by atoms with Crippen LogP contribution in [0, 0.1) is 5.92 Å². The highest BCUT2D eigenvalue weighted by molar-refractivity contribution is 6.34. The minimum Gasteiger partial charge on any atom is -0.481 e. The molecule has 3 fully saturated rings. The van der Waals surface area contributed by atoms with E-state index in [4.69, 9.17) is 25.8 Å². The predicted molar refractivity (Wildman–Crippen MR) is 180 cm³/mol. The summed E-state index contributed by atoms with van der Waals surface area (Å²) < 4.78 is 20.2. The molecule has 48 heavy (non-hydrogen) atoms. The van der Waals surface area contributed by atoms with Gasteiger partial charge < -0.3 is 24.6 Å². The number of aliphatic carboxylic acids is 1. The van der Waals surface area contributed by atoms with Gasteiger partial charge >= 0.3 is 5.97 Å². The highest BCUT2D eigenvalue weighted by Gasteiger charge is 2.56. The Morgan fingerprint density at radius 3 is 2.27 bits per heavy atom. The summed E-state index contributed by atoms with van der Waals surface area (Å²) in [5.41, 5.74) is 2.23. The molecule has 1 aromatic heterocycles.